The van der Waals surface area contributed by atoms with Crippen LogP contribution in [0.4, 0.5) is 0 Å². The van der Waals surface area contributed by atoms with Gasteiger partial charge in [0.2, 0.25) is 12.2 Å². The molecule has 3 atom stereocenters. The summed E-state index contributed by atoms with van der Waals surface area (Å²) in [6.07, 6.45) is -3.50. The molecule has 0 spiro atoms. The summed E-state index contributed by atoms with van der Waals surface area (Å²) in [4.78, 5) is 50.2. The number of carboxylic acid groups (broad SMARTS) is 2. The average Bonchev–Trinajstić information content (AvgIpc) is 3.08. The highest BCUT2D eigenvalue weighted by Gasteiger charge is 2.31. The highest BCUT2D eigenvalue weighted by Crippen LogP contribution is 2.40. The van der Waals surface area contributed by atoms with Gasteiger partial charge in [0.15, 0.2) is 46.0 Å². The third kappa shape index (κ3) is 9.53. The van der Waals surface area contributed by atoms with Crippen molar-refractivity contribution < 1.29 is 79.7 Å². The second kappa shape index (κ2) is 16.1. The number of hydrogen-bond acceptors (Lipinski definition) is 14. The summed E-state index contributed by atoms with van der Waals surface area (Å²) in [5.74, 6) is -11.3. The van der Waals surface area contributed by atoms with Crippen LogP contribution in [0.5, 0.6) is 46.0 Å². The Hall–Kier alpha value is -7.10. The number of benzene rings is 4. The molecule has 0 aliphatic carbocycles. The van der Waals surface area contributed by atoms with Crippen LogP contribution in [0.2, 0.25) is 0 Å². The first kappa shape index (κ1) is 37.7. The zero-order valence-corrected chi connectivity index (χ0v) is 26.8. The van der Waals surface area contributed by atoms with E-state index in [1.54, 1.807) is 0 Å². The number of carbonyl (C=O) groups excluding carboxylic acids is 2. The van der Waals surface area contributed by atoms with Crippen LogP contribution >= 0.6 is 0 Å². The smallest absolute Gasteiger partial charge is 0.345 e. The van der Waals surface area contributed by atoms with Crippen molar-refractivity contribution in [1.82, 2.24) is 0 Å². The lowest BCUT2D eigenvalue weighted by molar-refractivity contribution is -0.164. The Balaban J connectivity index is 1.67. The van der Waals surface area contributed by atoms with E-state index >= 15 is 0 Å². The van der Waals surface area contributed by atoms with Gasteiger partial charge in [0.1, 0.15) is 0 Å². The van der Waals surface area contributed by atoms with Gasteiger partial charge in [-0.05, 0) is 82.4 Å². The SMILES string of the molecule is O=C(/C=C/c1ccc(O)c(O)c1)O[C@H](Cc1cc(O)c(O)cc1[C@H](CC(=O)O[C@H](Cc1ccc(O)c(O)c1)C(=O)O)c1ccc(O)c(O)c1)C(=O)O. The monoisotopic (exact) mass is 720 g/mol. The lowest BCUT2D eigenvalue weighted by Crippen LogP contribution is -2.30. The molecule has 0 amide bonds. The largest absolute Gasteiger partial charge is 0.504 e. The molecule has 0 saturated heterocycles. The molecule has 0 fully saturated rings. The molecule has 0 aliphatic heterocycles. The van der Waals surface area contributed by atoms with Crippen LogP contribution in [-0.4, -0.2) is 87.2 Å². The van der Waals surface area contributed by atoms with Crippen molar-refractivity contribution in [3.05, 3.63) is 101 Å². The first-order valence-electron chi connectivity index (χ1n) is 15.2. The fraction of sp³-hybridized carbons (Fsp3) is 0.167. The molecular weight excluding hydrogens is 688 g/mol. The number of phenolic OH excluding ortho intramolecular Hbond substituents is 8. The van der Waals surface area contributed by atoms with E-state index < -0.39 is 107 Å². The molecule has 0 aromatic heterocycles. The van der Waals surface area contributed by atoms with E-state index in [-0.39, 0.29) is 27.8 Å². The van der Waals surface area contributed by atoms with Gasteiger partial charge in [0.25, 0.3) is 0 Å². The molecule has 0 radical (unpaired) electrons. The first-order chi connectivity index (χ1) is 24.5. The number of carbonyl (C=O) groups is 4. The molecule has 16 heteroatoms. The van der Waals surface area contributed by atoms with Gasteiger partial charge >= 0.3 is 23.9 Å². The number of hydrogen-bond donors (Lipinski definition) is 10. The minimum atomic E-state index is -1.92. The van der Waals surface area contributed by atoms with Crippen LogP contribution < -0.4 is 0 Å². The normalized spacial score (nSPS) is 12.8. The lowest BCUT2D eigenvalue weighted by Gasteiger charge is -2.24. The number of rotatable bonds is 14. The highest BCUT2D eigenvalue weighted by molar-refractivity contribution is 5.89. The minimum Gasteiger partial charge on any atom is -0.504 e. The quantitative estimate of drug-likeness (QED) is 0.0508. The Labute approximate surface area is 293 Å². The Morgan fingerprint density at radius 3 is 1.71 bits per heavy atom. The Kier molecular flexibility index (Phi) is 11.7. The number of aromatic hydroxyl groups is 8. The molecule has 4 aromatic carbocycles. The van der Waals surface area contributed by atoms with E-state index in [2.05, 4.69) is 0 Å². The molecule has 0 bridgehead atoms. The van der Waals surface area contributed by atoms with E-state index in [9.17, 15) is 70.2 Å². The summed E-state index contributed by atoms with van der Waals surface area (Å²) in [7, 11) is 0. The van der Waals surface area contributed by atoms with Crippen molar-refractivity contribution in [1.29, 1.82) is 0 Å². The van der Waals surface area contributed by atoms with Crippen molar-refractivity contribution in [3.63, 3.8) is 0 Å². The second-order valence-electron chi connectivity index (χ2n) is 11.4. The predicted octanol–water partition coefficient (Wildman–Crippen LogP) is 3.34. The molecule has 272 valence electrons. The molecule has 0 heterocycles. The number of aliphatic carboxylic acids is 2. The van der Waals surface area contributed by atoms with Crippen molar-refractivity contribution in [2.45, 2.75) is 37.4 Å². The summed E-state index contributed by atoms with van der Waals surface area (Å²) < 4.78 is 10.4. The van der Waals surface area contributed by atoms with Gasteiger partial charge in [0.05, 0.1) is 6.42 Å². The standard InChI is InChI=1S/C36H32O16/c37-23-5-1-17(9-26(23)40)3-8-33(45)51-32(36(49)50)14-20-13-29(43)30(44)15-21(20)22(19-4-7-25(39)28(42)12-19)16-34(46)52-31(35(47)48)11-18-2-6-24(38)27(41)10-18/h1-10,12-13,15,22,31-32,37-44H,11,14,16H2,(H,47,48)(H,49,50)/b8-3+/t22-,31-,32-/m1/s1. The van der Waals surface area contributed by atoms with Crippen LogP contribution in [0.15, 0.2) is 72.8 Å². The Bertz CT molecular complexity index is 2040. The second-order valence-corrected chi connectivity index (χ2v) is 11.4. The van der Waals surface area contributed by atoms with Gasteiger partial charge < -0.3 is 60.5 Å². The number of carboxylic acids is 2. The van der Waals surface area contributed by atoms with Gasteiger partial charge in [-0.1, -0.05) is 18.2 Å². The molecule has 52 heavy (non-hydrogen) atoms. The minimum absolute atomic E-state index is 0.0509. The first-order valence-corrected chi connectivity index (χ1v) is 15.2. The zero-order valence-electron chi connectivity index (χ0n) is 26.8. The molecular formula is C36H32O16. The third-order valence-electron chi connectivity index (χ3n) is 7.74. The van der Waals surface area contributed by atoms with Crippen LogP contribution in [0.25, 0.3) is 6.08 Å². The van der Waals surface area contributed by atoms with Gasteiger partial charge in [-0.25, -0.2) is 14.4 Å². The van der Waals surface area contributed by atoms with Crippen molar-refractivity contribution in [3.8, 4) is 46.0 Å². The summed E-state index contributed by atoms with van der Waals surface area (Å²) in [6, 6.07) is 12.5. The topological polar surface area (TPSA) is 289 Å². The van der Waals surface area contributed by atoms with Gasteiger partial charge in [-0.3, -0.25) is 4.79 Å². The average molecular weight is 721 g/mol. The maximum Gasteiger partial charge on any atom is 0.345 e. The predicted molar refractivity (Wildman–Crippen MR) is 177 cm³/mol. The fourth-order valence-corrected chi connectivity index (χ4v) is 5.13. The van der Waals surface area contributed by atoms with E-state index in [1.807, 2.05) is 0 Å². The van der Waals surface area contributed by atoms with Crippen LogP contribution in [-0.2, 0) is 41.5 Å². The van der Waals surface area contributed by atoms with Gasteiger partial charge in [-0.2, -0.15) is 0 Å². The highest BCUT2D eigenvalue weighted by atomic mass is 16.6. The maximum absolute atomic E-state index is 13.3. The molecule has 0 aliphatic rings. The van der Waals surface area contributed by atoms with E-state index in [0.29, 0.717) is 0 Å². The third-order valence-corrected chi connectivity index (χ3v) is 7.74. The summed E-state index contributed by atoms with van der Waals surface area (Å²) in [5, 5.41) is 99.2. The van der Waals surface area contributed by atoms with Gasteiger partial charge in [0, 0.05) is 24.8 Å². The molecule has 4 aromatic rings. The number of esters is 2. The molecule has 0 unspecified atom stereocenters. The number of phenols is 8. The lowest BCUT2D eigenvalue weighted by atomic mass is 9.83. The molecule has 0 saturated carbocycles. The number of ether oxygens (including phenoxy) is 2. The van der Waals surface area contributed by atoms with Crippen molar-refractivity contribution >= 4 is 30.0 Å². The van der Waals surface area contributed by atoms with Crippen LogP contribution in [0, 0.1) is 0 Å². The Morgan fingerprint density at radius 1 is 0.577 bits per heavy atom. The fourth-order valence-electron chi connectivity index (χ4n) is 5.13. The van der Waals surface area contributed by atoms with E-state index in [4.69, 9.17) is 9.47 Å². The molecule has 16 nitrogen and oxygen atoms in total. The van der Waals surface area contributed by atoms with Crippen LogP contribution in [0.3, 0.4) is 0 Å². The molecule has 10 N–H and O–H groups in total. The molecule has 4 rings (SSSR count). The summed E-state index contributed by atoms with van der Waals surface area (Å²) in [6.45, 7) is 0. The van der Waals surface area contributed by atoms with Gasteiger partial charge in [-0.15, -0.1) is 0 Å². The zero-order chi connectivity index (χ0) is 38.3. The van der Waals surface area contributed by atoms with E-state index in [1.165, 1.54) is 24.3 Å². The van der Waals surface area contributed by atoms with Crippen molar-refractivity contribution in [2.75, 3.05) is 0 Å². The summed E-state index contributed by atoms with van der Waals surface area (Å²) in [5.41, 5.74) is 0.389. The van der Waals surface area contributed by atoms with E-state index in [0.717, 1.165) is 54.6 Å². The summed E-state index contributed by atoms with van der Waals surface area (Å²) >= 11 is 0. The van der Waals surface area contributed by atoms with Crippen LogP contribution in [0.1, 0.15) is 40.2 Å². The van der Waals surface area contributed by atoms with Crippen molar-refractivity contribution in [2.24, 2.45) is 0 Å². The maximum atomic E-state index is 13.3. The Morgan fingerprint density at radius 2 is 1.12 bits per heavy atom.